The molecule has 0 heteroatoms. The predicted octanol–water partition coefficient (Wildman–Crippen LogP) is 4.79. The van der Waals surface area contributed by atoms with E-state index in [1.54, 1.807) is 0 Å². The zero-order valence-electron chi connectivity index (χ0n) is 9.85. The van der Waals surface area contributed by atoms with Crippen molar-refractivity contribution in [2.24, 2.45) is 0 Å². The summed E-state index contributed by atoms with van der Waals surface area (Å²) in [5.74, 6) is 0. The van der Waals surface area contributed by atoms with E-state index in [9.17, 15) is 0 Å². The molecule has 0 spiro atoms. The zero-order valence-corrected chi connectivity index (χ0v) is 9.85. The smallest absolute Gasteiger partial charge is 0.0221 e. The van der Waals surface area contributed by atoms with Gasteiger partial charge < -0.3 is 0 Å². The van der Waals surface area contributed by atoms with Crippen molar-refractivity contribution in [3.05, 3.63) is 54.6 Å². The number of rotatable bonds is 3. The highest BCUT2D eigenvalue weighted by molar-refractivity contribution is 5.75. The number of hydrogen-bond acceptors (Lipinski definition) is 0. The quantitative estimate of drug-likeness (QED) is 0.655. The maximum atomic E-state index is 3.97. The second-order valence-corrected chi connectivity index (χ2v) is 4.14. The molecule has 0 heterocycles. The van der Waals surface area contributed by atoms with E-state index in [1.807, 2.05) is 20.8 Å². The molecule has 78 valence electrons. The molecule has 0 aliphatic rings. The first-order valence-corrected chi connectivity index (χ1v) is 5.04. The second-order valence-electron chi connectivity index (χ2n) is 4.14. The Hall–Kier alpha value is -1.56. The van der Waals surface area contributed by atoms with E-state index in [0.29, 0.717) is 0 Å². The molecule has 15 heavy (non-hydrogen) atoms. The normalized spacial score (nSPS) is 9.80. The van der Waals surface area contributed by atoms with Gasteiger partial charge in [-0.15, -0.1) is 0 Å². The van der Waals surface area contributed by atoms with Gasteiger partial charge in [0, 0.05) is 0 Å². The molecule has 0 aromatic heterocycles. The molecule has 0 unspecified atom stereocenters. The summed E-state index contributed by atoms with van der Waals surface area (Å²) in [5, 5.41) is 0. The summed E-state index contributed by atoms with van der Waals surface area (Å²) < 4.78 is 0. The molecule has 0 nitrogen and oxygen atoms in total. The van der Waals surface area contributed by atoms with Crippen molar-refractivity contribution in [3.8, 4) is 0 Å². The van der Waals surface area contributed by atoms with E-state index in [0.717, 1.165) is 33.4 Å². The lowest BCUT2D eigenvalue weighted by molar-refractivity contribution is 1.47. The molecule has 1 aromatic rings. The van der Waals surface area contributed by atoms with Crippen LogP contribution in [0.1, 0.15) is 37.5 Å². The van der Waals surface area contributed by atoms with E-state index >= 15 is 0 Å². The van der Waals surface area contributed by atoms with Gasteiger partial charge in [0.25, 0.3) is 0 Å². The van der Waals surface area contributed by atoms with Crippen LogP contribution in [0.4, 0.5) is 0 Å². The minimum atomic E-state index is 1.07. The first-order chi connectivity index (χ1) is 6.91. The minimum absolute atomic E-state index is 1.07. The van der Waals surface area contributed by atoms with E-state index in [-0.39, 0.29) is 0 Å². The molecular formula is C15H18. The fraction of sp³-hybridized carbons (Fsp3) is 0.200. The van der Waals surface area contributed by atoms with E-state index in [1.165, 1.54) is 0 Å². The van der Waals surface area contributed by atoms with Crippen molar-refractivity contribution in [2.75, 3.05) is 0 Å². The summed E-state index contributed by atoms with van der Waals surface area (Å²) in [6.07, 6.45) is 0. The van der Waals surface area contributed by atoms with Gasteiger partial charge in [0.2, 0.25) is 0 Å². The molecule has 0 aliphatic heterocycles. The van der Waals surface area contributed by atoms with Crippen molar-refractivity contribution in [1.29, 1.82) is 0 Å². The summed E-state index contributed by atoms with van der Waals surface area (Å²) in [4.78, 5) is 0. The highest BCUT2D eigenvalue weighted by atomic mass is 14.1. The minimum Gasteiger partial charge on any atom is -0.0955 e. The van der Waals surface area contributed by atoms with E-state index < -0.39 is 0 Å². The van der Waals surface area contributed by atoms with Gasteiger partial charge in [-0.3, -0.25) is 0 Å². The van der Waals surface area contributed by atoms with Crippen LogP contribution in [0.2, 0.25) is 0 Å². The Balaban J connectivity index is 3.39. The van der Waals surface area contributed by atoms with Crippen LogP contribution in [-0.2, 0) is 0 Å². The van der Waals surface area contributed by atoms with Crippen LogP contribution in [0.15, 0.2) is 37.9 Å². The van der Waals surface area contributed by atoms with Gasteiger partial charge in [-0.1, -0.05) is 36.5 Å². The van der Waals surface area contributed by atoms with Crippen LogP contribution >= 0.6 is 0 Å². The van der Waals surface area contributed by atoms with Gasteiger partial charge in [0.05, 0.1) is 0 Å². The maximum absolute atomic E-state index is 3.97. The topological polar surface area (TPSA) is 0 Å². The average molecular weight is 198 g/mol. The van der Waals surface area contributed by atoms with Crippen molar-refractivity contribution < 1.29 is 0 Å². The number of allylic oxidation sites excluding steroid dienone is 3. The second kappa shape index (κ2) is 4.31. The highest BCUT2D eigenvalue weighted by Gasteiger charge is 2.02. The first kappa shape index (κ1) is 11.5. The van der Waals surface area contributed by atoms with Gasteiger partial charge in [-0.25, -0.2) is 0 Å². The Labute approximate surface area is 92.6 Å². The standard InChI is InChI=1S/C15H18/c1-10(2)13-7-14(11(3)4)9-15(8-13)12(5)6/h7-9H,1,3,5H2,2,4,6H3. The van der Waals surface area contributed by atoms with Crippen LogP contribution in [0.25, 0.3) is 16.7 Å². The summed E-state index contributed by atoms with van der Waals surface area (Å²) in [5.41, 5.74) is 6.69. The Kier molecular flexibility index (Phi) is 3.31. The monoisotopic (exact) mass is 198 g/mol. The Bertz CT molecular complexity index is 354. The summed E-state index contributed by atoms with van der Waals surface area (Å²) in [7, 11) is 0. The lowest BCUT2D eigenvalue weighted by Gasteiger charge is -2.09. The predicted molar refractivity (Wildman–Crippen MR) is 70.6 cm³/mol. The van der Waals surface area contributed by atoms with Gasteiger partial charge in [0.1, 0.15) is 0 Å². The van der Waals surface area contributed by atoms with Crippen LogP contribution in [0, 0.1) is 0 Å². The molecule has 0 N–H and O–H groups in total. The summed E-state index contributed by atoms with van der Waals surface area (Å²) >= 11 is 0. The Morgan fingerprint density at radius 1 is 0.667 bits per heavy atom. The Morgan fingerprint density at radius 3 is 1.00 bits per heavy atom. The van der Waals surface area contributed by atoms with Crippen LogP contribution < -0.4 is 0 Å². The molecule has 0 aliphatic carbocycles. The largest absolute Gasteiger partial charge is 0.0955 e. The maximum Gasteiger partial charge on any atom is -0.0221 e. The molecule has 0 fully saturated rings. The van der Waals surface area contributed by atoms with Crippen molar-refractivity contribution in [1.82, 2.24) is 0 Å². The van der Waals surface area contributed by atoms with Gasteiger partial charge >= 0.3 is 0 Å². The van der Waals surface area contributed by atoms with Crippen molar-refractivity contribution in [3.63, 3.8) is 0 Å². The molecule has 0 saturated heterocycles. The van der Waals surface area contributed by atoms with Crippen molar-refractivity contribution >= 4 is 16.7 Å². The molecular weight excluding hydrogens is 180 g/mol. The van der Waals surface area contributed by atoms with Gasteiger partial charge in [-0.2, -0.15) is 0 Å². The first-order valence-electron chi connectivity index (χ1n) is 5.04. The van der Waals surface area contributed by atoms with Gasteiger partial charge in [-0.05, 0) is 55.7 Å². The third-order valence-electron chi connectivity index (χ3n) is 2.41. The highest BCUT2D eigenvalue weighted by Crippen LogP contribution is 2.24. The van der Waals surface area contributed by atoms with E-state index in [2.05, 4.69) is 37.9 Å². The fourth-order valence-electron chi connectivity index (χ4n) is 1.37. The molecule has 0 radical (unpaired) electrons. The summed E-state index contributed by atoms with van der Waals surface area (Å²) in [6.45, 7) is 17.9. The molecule has 0 bridgehead atoms. The van der Waals surface area contributed by atoms with Gasteiger partial charge in [0.15, 0.2) is 0 Å². The fourth-order valence-corrected chi connectivity index (χ4v) is 1.37. The molecule has 0 atom stereocenters. The number of hydrogen-bond donors (Lipinski definition) is 0. The average Bonchev–Trinajstić information content (AvgIpc) is 2.16. The third-order valence-corrected chi connectivity index (χ3v) is 2.41. The summed E-state index contributed by atoms with van der Waals surface area (Å²) in [6, 6.07) is 6.37. The Morgan fingerprint density at radius 2 is 0.867 bits per heavy atom. The zero-order chi connectivity index (χ0) is 11.6. The van der Waals surface area contributed by atoms with Crippen molar-refractivity contribution in [2.45, 2.75) is 20.8 Å². The van der Waals surface area contributed by atoms with Crippen LogP contribution in [-0.4, -0.2) is 0 Å². The lowest BCUT2D eigenvalue weighted by Crippen LogP contribution is -1.88. The molecule has 1 rings (SSSR count). The molecule has 0 saturated carbocycles. The van der Waals surface area contributed by atoms with E-state index in [4.69, 9.17) is 0 Å². The number of benzene rings is 1. The van der Waals surface area contributed by atoms with Crippen LogP contribution in [0.5, 0.6) is 0 Å². The SMILES string of the molecule is C=C(C)c1cc(C(=C)C)cc(C(=C)C)c1. The third kappa shape index (κ3) is 2.69. The van der Waals surface area contributed by atoms with Crippen LogP contribution in [0.3, 0.4) is 0 Å². The molecule has 1 aromatic carbocycles. The lowest BCUT2D eigenvalue weighted by atomic mass is 9.96. The molecule has 0 amide bonds.